The fourth-order valence-corrected chi connectivity index (χ4v) is 2.60. The molecular weight excluding hydrogens is 168 g/mol. The van der Waals surface area contributed by atoms with Crippen molar-refractivity contribution >= 4 is 0 Å². The molecule has 0 amide bonds. The maximum absolute atomic E-state index is 3.40. The highest BCUT2D eigenvalue weighted by Gasteiger charge is 2.21. The minimum atomic E-state index is 0.672. The molecule has 0 nitrogen and oxygen atoms in total. The quantitative estimate of drug-likeness (QED) is 0.536. The molecule has 3 rings (SSSR count). The Kier molecular flexibility index (Phi) is 1.93. The highest BCUT2D eigenvalue weighted by Crippen LogP contribution is 2.37. The number of fused-ring (bicyclic) bond motifs is 2. The predicted octanol–water partition coefficient (Wildman–Crippen LogP) is 3.73. The Hall–Kier alpha value is -1.04. The van der Waals surface area contributed by atoms with Gasteiger partial charge < -0.3 is 0 Å². The monoisotopic (exact) mass is 183 g/mol. The molecule has 0 spiro atoms. The third-order valence-corrected chi connectivity index (χ3v) is 3.39. The van der Waals surface area contributed by atoms with Gasteiger partial charge in [-0.3, -0.25) is 0 Å². The van der Waals surface area contributed by atoms with Crippen molar-refractivity contribution in [3.8, 4) is 0 Å². The predicted molar refractivity (Wildman–Crippen MR) is 58.6 cm³/mol. The molecule has 0 heteroatoms. The minimum absolute atomic E-state index is 0.672. The van der Waals surface area contributed by atoms with Gasteiger partial charge in [-0.05, 0) is 54.9 Å². The molecule has 0 aliphatic heterocycles. The van der Waals surface area contributed by atoms with Crippen LogP contribution in [0.2, 0.25) is 0 Å². The Bertz CT molecular complexity index is 363. The van der Waals surface area contributed by atoms with E-state index in [9.17, 15) is 0 Å². The molecule has 0 saturated carbocycles. The summed E-state index contributed by atoms with van der Waals surface area (Å²) >= 11 is 0. The maximum Gasteiger partial charge on any atom is 0.00332 e. The van der Waals surface area contributed by atoms with Gasteiger partial charge in [0.1, 0.15) is 0 Å². The smallest absolute Gasteiger partial charge is 0.00332 e. The average molecular weight is 183 g/mol. The van der Waals surface area contributed by atoms with Gasteiger partial charge in [0.05, 0.1) is 0 Å². The van der Waals surface area contributed by atoms with Gasteiger partial charge in [-0.1, -0.05) is 24.3 Å². The molecule has 0 saturated heterocycles. The van der Waals surface area contributed by atoms with E-state index in [1.807, 2.05) is 0 Å². The van der Waals surface area contributed by atoms with Crippen molar-refractivity contribution in [3.05, 3.63) is 47.1 Å². The van der Waals surface area contributed by atoms with Gasteiger partial charge in [-0.15, -0.1) is 0 Å². The fraction of sp³-hybridized carbons (Fsp3) is 0.429. The summed E-state index contributed by atoms with van der Waals surface area (Å²) in [5.74, 6) is 0.672. The van der Waals surface area contributed by atoms with Crippen LogP contribution in [0, 0.1) is 12.0 Å². The number of hydrogen-bond acceptors (Lipinski definition) is 0. The van der Waals surface area contributed by atoms with Crippen LogP contribution in [0.4, 0.5) is 0 Å². The standard InChI is InChI=1S/C14H15/c1-2-6-12-10-14-8-4-3-7-13(14)9-11(12)5-1/h1,7,9-10,12H,2-4,6,8H2. The highest BCUT2D eigenvalue weighted by molar-refractivity contribution is 5.50. The Morgan fingerprint density at radius 1 is 1.29 bits per heavy atom. The Morgan fingerprint density at radius 2 is 2.29 bits per heavy atom. The van der Waals surface area contributed by atoms with Crippen LogP contribution in [0.5, 0.6) is 0 Å². The molecule has 0 fully saturated rings. The SMILES string of the molecule is [C]1=CCCC2C=C3CCCC=C3C=C12. The van der Waals surface area contributed by atoms with Crippen LogP contribution in [-0.4, -0.2) is 0 Å². The molecule has 1 atom stereocenters. The van der Waals surface area contributed by atoms with Crippen LogP contribution >= 0.6 is 0 Å². The molecule has 14 heavy (non-hydrogen) atoms. The lowest BCUT2D eigenvalue weighted by Gasteiger charge is -2.27. The molecule has 3 aliphatic carbocycles. The van der Waals surface area contributed by atoms with Crippen LogP contribution in [-0.2, 0) is 0 Å². The third kappa shape index (κ3) is 1.30. The van der Waals surface area contributed by atoms with E-state index in [1.165, 1.54) is 43.3 Å². The molecule has 0 aromatic rings. The zero-order chi connectivity index (χ0) is 9.38. The van der Waals surface area contributed by atoms with E-state index in [-0.39, 0.29) is 0 Å². The lowest BCUT2D eigenvalue weighted by Crippen LogP contribution is -2.11. The first-order valence-corrected chi connectivity index (χ1v) is 5.64. The molecule has 0 aromatic carbocycles. The van der Waals surface area contributed by atoms with Gasteiger partial charge in [0, 0.05) is 5.92 Å². The van der Waals surface area contributed by atoms with Gasteiger partial charge in [0.15, 0.2) is 0 Å². The summed E-state index contributed by atoms with van der Waals surface area (Å²) in [5.41, 5.74) is 4.48. The van der Waals surface area contributed by atoms with E-state index in [0.29, 0.717) is 5.92 Å². The van der Waals surface area contributed by atoms with Crippen molar-refractivity contribution in [2.75, 3.05) is 0 Å². The minimum Gasteiger partial charge on any atom is -0.0770 e. The number of rotatable bonds is 0. The first-order chi connectivity index (χ1) is 6.93. The van der Waals surface area contributed by atoms with Crippen LogP contribution in [0.25, 0.3) is 0 Å². The number of hydrogen-bond donors (Lipinski definition) is 0. The van der Waals surface area contributed by atoms with E-state index in [0.717, 1.165) is 0 Å². The Morgan fingerprint density at radius 3 is 3.29 bits per heavy atom. The number of allylic oxidation sites excluding steroid dienone is 8. The zero-order valence-electron chi connectivity index (χ0n) is 8.42. The molecule has 0 aromatic heterocycles. The molecule has 1 radical (unpaired) electrons. The molecule has 1 unspecified atom stereocenters. The van der Waals surface area contributed by atoms with Gasteiger partial charge in [-0.25, -0.2) is 0 Å². The van der Waals surface area contributed by atoms with Crippen molar-refractivity contribution < 1.29 is 0 Å². The molecule has 0 N–H and O–H groups in total. The Labute approximate surface area is 85.7 Å². The van der Waals surface area contributed by atoms with E-state index in [4.69, 9.17) is 0 Å². The van der Waals surface area contributed by atoms with E-state index >= 15 is 0 Å². The summed E-state index contributed by atoms with van der Waals surface area (Å²) in [7, 11) is 0. The summed E-state index contributed by atoms with van der Waals surface area (Å²) in [6.45, 7) is 0. The summed E-state index contributed by atoms with van der Waals surface area (Å²) in [6, 6.07) is 0. The molecule has 71 valence electrons. The summed E-state index contributed by atoms with van der Waals surface area (Å²) < 4.78 is 0. The van der Waals surface area contributed by atoms with E-state index in [1.54, 1.807) is 5.57 Å². The fourth-order valence-electron chi connectivity index (χ4n) is 2.60. The lowest BCUT2D eigenvalue weighted by molar-refractivity contribution is 0.651. The van der Waals surface area contributed by atoms with E-state index < -0.39 is 0 Å². The second-order valence-corrected chi connectivity index (χ2v) is 4.38. The second-order valence-electron chi connectivity index (χ2n) is 4.38. The van der Waals surface area contributed by atoms with Crippen LogP contribution in [0.1, 0.15) is 32.1 Å². The van der Waals surface area contributed by atoms with Crippen LogP contribution in [0.15, 0.2) is 41.0 Å². The summed E-state index contributed by atoms with van der Waals surface area (Å²) in [5, 5.41) is 0. The second kappa shape index (κ2) is 3.27. The van der Waals surface area contributed by atoms with Gasteiger partial charge in [-0.2, -0.15) is 0 Å². The van der Waals surface area contributed by atoms with Crippen LogP contribution in [0.3, 0.4) is 0 Å². The van der Waals surface area contributed by atoms with Crippen molar-refractivity contribution in [2.24, 2.45) is 5.92 Å². The lowest BCUT2D eigenvalue weighted by atomic mass is 9.78. The Balaban J connectivity index is 2.02. The summed E-state index contributed by atoms with van der Waals surface area (Å²) in [6.07, 6.45) is 19.2. The van der Waals surface area contributed by atoms with Crippen molar-refractivity contribution in [3.63, 3.8) is 0 Å². The zero-order valence-corrected chi connectivity index (χ0v) is 8.42. The topological polar surface area (TPSA) is 0 Å². The average Bonchev–Trinajstić information content (AvgIpc) is 2.26. The van der Waals surface area contributed by atoms with Gasteiger partial charge in [0.25, 0.3) is 0 Å². The van der Waals surface area contributed by atoms with Gasteiger partial charge in [0.2, 0.25) is 0 Å². The first-order valence-electron chi connectivity index (χ1n) is 5.64. The molecule has 0 heterocycles. The highest BCUT2D eigenvalue weighted by atomic mass is 14.3. The van der Waals surface area contributed by atoms with Crippen molar-refractivity contribution in [1.29, 1.82) is 0 Å². The van der Waals surface area contributed by atoms with Gasteiger partial charge >= 0.3 is 0 Å². The summed E-state index contributed by atoms with van der Waals surface area (Å²) in [4.78, 5) is 0. The molecule has 3 aliphatic rings. The third-order valence-electron chi connectivity index (χ3n) is 3.39. The largest absolute Gasteiger partial charge is 0.0770 e. The van der Waals surface area contributed by atoms with Crippen molar-refractivity contribution in [1.82, 2.24) is 0 Å². The van der Waals surface area contributed by atoms with E-state index in [2.05, 4.69) is 30.4 Å². The molecule has 0 bridgehead atoms. The normalized spacial score (nSPS) is 29.7. The molecular formula is C14H15. The first kappa shape index (κ1) is 8.28. The van der Waals surface area contributed by atoms with Crippen LogP contribution < -0.4 is 0 Å². The van der Waals surface area contributed by atoms with Crippen molar-refractivity contribution in [2.45, 2.75) is 32.1 Å². The maximum atomic E-state index is 3.40.